The number of nitrogen functional groups attached to an aromatic ring is 1. The molecule has 1 aromatic rings. The summed E-state index contributed by atoms with van der Waals surface area (Å²) in [4.78, 5) is 14.0. The van der Waals surface area contributed by atoms with Gasteiger partial charge in [0.15, 0.2) is 0 Å². The van der Waals surface area contributed by atoms with Gasteiger partial charge in [-0.15, -0.1) is 0 Å². The maximum absolute atomic E-state index is 12.4. The Labute approximate surface area is 108 Å². The lowest BCUT2D eigenvalue weighted by atomic mass is 9.83. The highest BCUT2D eigenvalue weighted by molar-refractivity contribution is 5.87. The number of nitrogens with zero attached hydrogens (tertiary/aromatic N) is 1. The van der Waals surface area contributed by atoms with Gasteiger partial charge in [0, 0.05) is 12.7 Å². The van der Waals surface area contributed by atoms with E-state index >= 15 is 0 Å². The molecule has 0 aliphatic heterocycles. The summed E-state index contributed by atoms with van der Waals surface area (Å²) in [6, 6.07) is 7.13. The molecular formula is C14H22N2O2. The molecule has 0 spiro atoms. The number of likely N-dealkylation sites (N-methyl/N-ethyl adjacent to an activating group) is 1. The van der Waals surface area contributed by atoms with E-state index in [1.165, 1.54) is 0 Å². The average molecular weight is 250 g/mol. The molecule has 0 saturated carbocycles. The fraction of sp³-hybridized carbons (Fsp3) is 0.500. The number of benzene rings is 1. The van der Waals surface area contributed by atoms with Gasteiger partial charge in [0.1, 0.15) is 0 Å². The second-order valence-electron chi connectivity index (χ2n) is 5.19. The lowest BCUT2D eigenvalue weighted by Gasteiger charge is -2.33. The van der Waals surface area contributed by atoms with E-state index in [4.69, 9.17) is 10.8 Å². The summed E-state index contributed by atoms with van der Waals surface area (Å²) in [5, 5.41) is 9.12. The Morgan fingerprint density at radius 2 is 1.89 bits per heavy atom. The van der Waals surface area contributed by atoms with Crippen molar-refractivity contribution < 1.29 is 9.90 Å². The number of aliphatic hydroxyl groups is 1. The molecule has 0 bridgehead atoms. The first kappa shape index (κ1) is 14.5. The molecule has 1 aromatic carbocycles. The molecule has 1 rings (SSSR count). The van der Waals surface area contributed by atoms with Crippen molar-refractivity contribution in [2.24, 2.45) is 0 Å². The summed E-state index contributed by atoms with van der Waals surface area (Å²) < 4.78 is 0. The molecule has 0 aliphatic carbocycles. The number of amides is 1. The predicted octanol–water partition coefficient (Wildman–Crippen LogP) is 1.39. The fourth-order valence-corrected chi connectivity index (χ4v) is 1.79. The van der Waals surface area contributed by atoms with E-state index in [9.17, 15) is 4.79 Å². The second-order valence-corrected chi connectivity index (χ2v) is 5.19. The van der Waals surface area contributed by atoms with Crippen molar-refractivity contribution in [1.29, 1.82) is 0 Å². The fourth-order valence-electron chi connectivity index (χ4n) is 1.79. The quantitative estimate of drug-likeness (QED) is 0.793. The number of carbonyl (C=O) groups is 1. The van der Waals surface area contributed by atoms with Crippen LogP contribution in [-0.2, 0) is 10.2 Å². The average Bonchev–Trinajstić information content (AvgIpc) is 2.36. The van der Waals surface area contributed by atoms with Crippen LogP contribution in [-0.4, -0.2) is 35.6 Å². The lowest BCUT2D eigenvalue weighted by Crippen LogP contribution is -2.46. The molecule has 1 atom stereocenters. The van der Waals surface area contributed by atoms with Crippen molar-refractivity contribution in [3.63, 3.8) is 0 Å². The van der Waals surface area contributed by atoms with Crippen molar-refractivity contribution in [3.8, 4) is 0 Å². The number of hydrogen-bond donors (Lipinski definition) is 2. The van der Waals surface area contributed by atoms with Crippen molar-refractivity contribution in [2.75, 3.05) is 19.4 Å². The van der Waals surface area contributed by atoms with Crippen LogP contribution >= 0.6 is 0 Å². The Balaban J connectivity index is 2.98. The van der Waals surface area contributed by atoms with Crippen LogP contribution in [0.5, 0.6) is 0 Å². The molecule has 0 radical (unpaired) electrons. The Morgan fingerprint density at radius 1 is 1.39 bits per heavy atom. The zero-order valence-electron chi connectivity index (χ0n) is 11.5. The molecule has 3 N–H and O–H groups in total. The van der Waals surface area contributed by atoms with Gasteiger partial charge in [0.2, 0.25) is 5.91 Å². The van der Waals surface area contributed by atoms with Gasteiger partial charge < -0.3 is 15.7 Å². The third-order valence-electron chi connectivity index (χ3n) is 3.41. The molecule has 4 nitrogen and oxygen atoms in total. The third kappa shape index (κ3) is 2.82. The van der Waals surface area contributed by atoms with E-state index in [1.54, 1.807) is 24.1 Å². The maximum Gasteiger partial charge on any atom is 0.232 e. The van der Waals surface area contributed by atoms with Crippen LogP contribution in [0.25, 0.3) is 0 Å². The van der Waals surface area contributed by atoms with E-state index in [2.05, 4.69) is 0 Å². The van der Waals surface area contributed by atoms with Crippen LogP contribution in [0.4, 0.5) is 5.69 Å². The van der Waals surface area contributed by atoms with Crippen LogP contribution in [0.15, 0.2) is 24.3 Å². The van der Waals surface area contributed by atoms with Crippen LogP contribution in [0, 0.1) is 0 Å². The second kappa shape index (κ2) is 5.40. The summed E-state index contributed by atoms with van der Waals surface area (Å²) in [6.07, 6.45) is 0. The molecule has 0 heterocycles. The number of hydrogen-bond acceptors (Lipinski definition) is 3. The Bertz CT molecular complexity index is 412. The molecule has 4 heteroatoms. The van der Waals surface area contributed by atoms with E-state index in [-0.39, 0.29) is 18.6 Å². The van der Waals surface area contributed by atoms with Crippen molar-refractivity contribution in [2.45, 2.75) is 32.2 Å². The van der Waals surface area contributed by atoms with Crippen molar-refractivity contribution >= 4 is 11.6 Å². The van der Waals surface area contributed by atoms with Gasteiger partial charge in [0.25, 0.3) is 0 Å². The molecule has 0 saturated heterocycles. The largest absolute Gasteiger partial charge is 0.399 e. The first-order chi connectivity index (χ1) is 8.30. The first-order valence-corrected chi connectivity index (χ1v) is 6.05. The van der Waals surface area contributed by atoms with Gasteiger partial charge in [-0.05, 0) is 38.5 Å². The maximum atomic E-state index is 12.4. The zero-order valence-corrected chi connectivity index (χ0v) is 11.5. The number of rotatable bonds is 4. The highest BCUT2D eigenvalue weighted by atomic mass is 16.3. The van der Waals surface area contributed by atoms with Gasteiger partial charge in [-0.25, -0.2) is 0 Å². The normalized spacial score (nSPS) is 13.2. The summed E-state index contributed by atoms with van der Waals surface area (Å²) in [7, 11) is 1.71. The summed E-state index contributed by atoms with van der Waals surface area (Å²) in [5.74, 6) is -0.0196. The summed E-state index contributed by atoms with van der Waals surface area (Å²) >= 11 is 0. The molecule has 0 fully saturated rings. The Morgan fingerprint density at radius 3 is 2.33 bits per heavy atom. The molecular weight excluding hydrogens is 228 g/mol. The predicted molar refractivity (Wildman–Crippen MR) is 73.2 cm³/mol. The molecule has 0 aromatic heterocycles. The molecule has 100 valence electrons. The highest BCUT2D eigenvalue weighted by Crippen LogP contribution is 2.26. The molecule has 18 heavy (non-hydrogen) atoms. The number of nitrogens with two attached hydrogens (primary N) is 1. The standard InChI is InChI=1S/C14H22N2O2/c1-10(9-17)16(4)13(18)14(2,3)11-5-7-12(15)8-6-11/h5-8,10,17H,9,15H2,1-4H3. The minimum absolute atomic E-state index is 0.0196. The van der Waals surface area contributed by atoms with Gasteiger partial charge in [-0.3, -0.25) is 4.79 Å². The topological polar surface area (TPSA) is 66.6 Å². The summed E-state index contributed by atoms with van der Waals surface area (Å²) in [6.45, 7) is 5.53. The van der Waals surface area contributed by atoms with Gasteiger partial charge >= 0.3 is 0 Å². The lowest BCUT2D eigenvalue weighted by molar-refractivity contribution is -0.137. The van der Waals surface area contributed by atoms with Crippen LogP contribution in [0.2, 0.25) is 0 Å². The zero-order chi connectivity index (χ0) is 13.9. The minimum atomic E-state index is -0.633. The van der Waals surface area contributed by atoms with Crippen molar-refractivity contribution in [1.82, 2.24) is 4.90 Å². The van der Waals surface area contributed by atoms with Gasteiger partial charge in [0.05, 0.1) is 18.1 Å². The molecule has 1 unspecified atom stereocenters. The smallest absolute Gasteiger partial charge is 0.232 e. The van der Waals surface area contributed by atoms with E-state index in [0.29, 0.717) is 5.69 Å². The van der Waals surface area contributed by atoms with E-state index < -0.39 is 5.41 Å². The van der Waals surface area contributed by atoms with Gasteiger partial charge in [-0.2, -0.15) is 0 Å². The number of anilines is 1. The first-order valence-electron chi connectivity index (χ1n) is 6.05. The van der Waals surface area contributed by atoms with Crippen LogP contribution in [0.3, 0.4) is 0 Å². The van der Waals surface area contributed by atoms with Crippen LogP contribution < -0.4 is 5.73 Å². The van der Waals surface area contributed by atoms with Crippen LogP contribution in [0.1, 0.15) is 26.3 Å². The third-order valence-corrected chi connectivity index (χ3v) is 3.41. The Kier molecular flexibility index (Phi) is 4.35. The van der Waals surface area contributed by atoms with E-state index in [1.807, 2.05) is 32.9 Å². The Hall–Kier alpha value is -1.55. The monoisotopic (exact) mass is 250 g/mol. The minimum Gasteiger partial charge on any atom is -0.399 e. The molecule has 1 amide bonds. The highest BCUT2D eigenvalue weighted by Gasteiger charge is 2.33. The van der Waals surface area contributed by atoms with Gasteiger partial charge in [-0.1, -0.05) is 12.1 Å². The number of aliphatic hydroxyl groups excluding tert-OH is 1. The van der Waals surface area contributed by atoms with Crippen molar-refractivity contribution in [3.05, 3.63) is 29.8 Å². The SMILES string of the molecule is CC(CO)N(C)C(=O)C(C)(C)c1ccc(N)cc1. The summed E-state index contributed by atoms with van der Waals surface area (Å²) in [5.41, 5.74) is 6.61. The van der Waals surface area contributed by atoms with E-state index in [0.717, 1.165) is 5.56 Å². The number of carbonyl (C=O) groups excluding carboxylic acids is 1. The molecule has 0 aliphatic rings.